The second-order valence-electron chi connectivity index (χ2n) is 15.3. The number of esters is 2. The molecular formula is C36H66N2O11. The van der Waals surface area contributed by atoms with Gasteiger partial charge in [0.25, 0.3) is 0 Å². The third-order valence-electron chi connectivity index (χ3n) is 10.8. The van der Waals surface area contributed by atoms with Crippen LogP contribution in [0.25, 0.3) is 0 Å². The van der Waals surface area contributed by atoms with E-state index in [1.807, 2.05) is 53.9 Å². The zero-order valence-corrected chi connectivity index (χ0v) is 32.4. The average molecular weight is 703 g/mol. The van der Waals surface area contributed by atoms with Gasteiger partial charge >= 0.3 is 11.9 Å². The molecule has 2 fully saturated rings. The van der Waals surface area contributed by atoms with Crippen molar-refractivity contribution in [3.63, 3.8) is 0 Å². The molecule has 49 heavy (non-hydrogen) atoms. The van der Waals surface area contributed by atoms with Crippen LogP contribution in [-0.4, -0.2) is 147 Å². The van der Waals surface area contributed by atoms with E-state index in [4.69, 9.17) is 28.4 Å². The molecule has 2 aliphatic heterocycles. The quantitative estimate of drug-likeness (QED) is 0.321. The van der Waals surface area contributed by atoms with Gasteiger partial charge in [0.15, 0.2) is 6.29 Å². The Morgan fingerprint density at radius 2 is 1.61 bits per heavy atom. The summed E-state index contributed by atoms with van der Waals surface area (Å²) in [6.45, 7) is 14.1. The normalized spacial score (nSPS) is 41.8. The third-order valence-corrected chi connectivity index (χ3v) is 10.8. The van der Waals surface area contributed by atoms with Crippen LogP contribution in [0, 0.1) is 23.7 Å². The van der Waals surface area contributed by atoms with E-state index in [-0.39, 0.29) is 37.2 Å². The molecule has 2 heterocycles. The van der Waals surface area contributed by atoms with Crippen molar-refractivity contribution in [3.05, 3.63) is 0 Å². The van der Waals surface area contributed by atoms with Gasteiger partial charge in [-0.1, -0.05) is 27.7 Å². The fourth-order valence-electron chi connectivity index (χ4n) is 7.55. The molecule has 0 aliphatic carbocycles. The Labute approximate surface area is 294 Å². The zero-order valence-electron chi connectivity index (χ0n) is 32.4. The Hall–Kier alpha value is -1.71. The van der Waals surface area contributed by atoms with Gasteiger partial charge in [0, 0.05) is 44.6 Å². The molecular weight excluding hydrogens is 636 g/mol. The molecule has 0 unspecified atom stereocenters. The van der Waals surface area contributed by atoms with E-state index in [9.17, 15) is 24.6 Å². The average Bonchev–Trinajstić information content (AvgIpc) is 3.04. The van der Waals surface area contributed by atoms with Crippen LogP contribution in [0.5, 0.6) is 0 Å². The lowest BCUT2D eigenvalue weighted by Crippen LogP contribution is -2.61. The lowest BCUT2D eigenvalue weighted by atomic mass is 9.74. The van der Waals surface area contributed by atoms with Crippen molar-refractivity contribution in [2.24, 2.45) is 23.7 Å². The van der Waals surface area contributed by atoms with Crippen molar-refractivity contribution in [1.29, 1.82) is 0 Å². The van der Waals surface area contributed by atoms with Crippen LogP contribution in [0.1, 0.15) is 81.1 Å². The number of ether oxygens (including phenoxy) is 6. The summed E-state index contributed by atoms with van der Waals surface area (Å²) in [7, 11) is 10.7. The number of Topliss-reactive ketones (excluding diaryl/α,β-unsaturated/α-hetero) is 1. The van der Waals surface area contributed by atoms with Crippen LogP contribution in [0.15, 0.2) is 0 Å². The number of likely N-dealkylation sites (N-methyl/N-ethyl adjacent to an activating group) is 1. The van der Waals surface area contributed by atoms with E-state index in [1.54, 1.807) is 34.8 Å². The van der Waals surface area contributed by atoms with Gasteiger partial charge in [-0.05, 0) is 75.1 Å². The third kappa shape index (κ3) is 10.4. The summed E-state index contributed by atoms with van der Waals surface area (Å²) >= 11 is 0. The molecule has 0 aromatic carbocycles. The minimum Gasteiger partial charge on any atom is -0.461 e. The summed E-state index contributed by atoms with van der Waals surface area (Å²) in [5.74, 6) is -4.93. The van der Waals surface area contributed by atoms with Crippen LogP contribution in [0.3, 0.4) is 0 Å². The topological polar surface area (TPSA) is 154 Å². The van der Waals surface area contributed by atoms with Gasteiger partial charge in [-0.15, -0.1) is 0 Å². The lowest BCUT2D eigenvalue weighted by Gasteiger charge is -2.49. The Balaban J connectivity index is 2.79. The first kappa shape index (κ1) is 43.5. The molecule has 2 rings (SSSR count). The van der Waals surface area contributed by atoms with Crippen molar-refractivity contribution in [1.82, 2.24) is 9.80 Å². The predicted molar refractivity (Wildman–Crippen MR) is 184 cm³/mol. The second-order valence-corrected chi connectivity index (χ2v) is 15.3. The number of ketones is 1. The number of aliphatic hydroxyl groups is 2. The number of aliphatic hydroxyl groups excluding tert-OH is 1. The van der Waals surface area contributed by atoms with Crippen molar-refractivity contribution < 1.29 is 53.0 Å². The van der Waals surface area contributed by atoms with Crippen LogP contribution < -0.4 is 0 Å². The van der Waals surface area contributed by atoms with Gasteiger partial charge in [-0.2, -0.15) is 0 Å². The highest BCUT2D eigenvalue weighted by molar-refractivity contribution is 5.83. The van der Waals surface area contributed by atoms with Gasteiger partial charge in [-0.25, -0.2) is 0 Å². The first-order chi connectivity index (χ1) is 22.7. The standard InChI is InChI=1S/C36H66N2O11/c1-15-26-36(8,43)31(41)22(4)28(40)20(2)19-35(7,45-14)32(49-34-30(44-13)25(38(11)12)18-21(3)46-34)23(5)29(24(6)33(42)47-26)48-27(39)16-17-37(9)10/h20-26,29-32,34,41,43H,15-19H2,1-14H3/t20-,21-,22+,23+,24-,25+,26-,29+,30-,31-,32-,34+,35+,36-/m1/s1. The maximum absolute atomic E-state index is 13.9. The fraction of sp³-hybridized carbons (Fsp3) is 0.917. The monoisotopic (exact) mass is 702 g/mol. The molecule has 2 saturated heterocycles. The van der Waals surface area contributed by atoms with Crippen LogP contribution in [0.4, 0.5) is 0 Å². The molecule has 0 aromatic heterocycles. The van der Waals surface area contributed by atoms with E-state index in [1.165, 1.54) is 14.0 Å². The SMILES string of the molecule is CC[C@H]1OC(=O)[C@H](C)[C@@H](OC(=O)CCN(C)C)[C@H](C)[C@@H](O[C@@H]2O[C@H](C)C[C@H](N(C)C)[C@H]2OC)[C@@](C)(OC)C[C@@H](C)C(=O)[C@H](C)[C@@H](O)[C@]1(C)O. The highest BCUT2D eigenvalue weighted by Crippen LogP contribution is 2.40. The Morgan fingerprint density at radius 1 is 1.00 bits per heavy atom. The van der Waals surface area contributed by atoms with E-state index in [2.05, 4.69) is 4.90 Å². The number of methoxy groups -OCH3 is 2. The summed E-state index contributed by atoms with van der Waals surface area (Å²) in [6.07, 6.45) is -5.14. The molecule has 2 N–H and O–H groups in total. The van der Waals surface area contributed by atoms with Gasteiger partial charge in [-0.3, -0.25) is 14.4 Å². The summed E-state index contributed by atoms with van der Waals surface area (Å²) in [5.41, 5.74) is -3.15. The summed E-state index contributed by atoms with van der Waals surface area (Å²) in [4.78, 5) is 45.1. The zero-order chi connectivity index (χ0) is 37.6. The van der Waals surface area contributed by atoms with Crippen molar-refractivity contribution >= 4 is 17.7 Å². The highest BCUT2D eigenvalue weighted by Gasteiger charge is 2.53. The van der Waals surface area contributed by atoms with E-state index >= 15 is 0 Å². The number of carbonyl (C=O) groups excluding carboxylic acids is 3. The number of hydrogen-bond acceptors (Lipinski definition) is 13. The molecule has 2 aliphatic rings. The first-order valence-electron chi connectivity index (χ1n) is 17.7. The molecule has 13 nitrogen and oxygen atoms in total. The van der Waals surface area contributed by atoms with E-state index in [0.29, 0.717) is 13.0 Å². The van der Waals surface area contributed by atoms with Crippen LogP contribution in [-0.2, 0) is 42.8 Å². The maximum atomic E-state index is 13.9. The second kappa shape index (κ2) is 18.2. The number of cyclic esters (lactones) is 1. The van der Waals surface area contributed by atoms with Crippen molar-refractivity contribution in [2.45, 2.75) is 141 Å². The molecule has 13 heteroatoms. The summed E-state index contributed by atoms with van der Waals surface area (Å²) in [6, 6.07) is -0.0449. The van der Waals surface area contributed by atoms with E-state index in [0.717, 1.165) is 0 Å². The predicted octanol–water partition coefficient (Wildman–Crippen LogP) is 2.67. The largest absolute Gasteiger partial charge is 0.461 e. The molecule has 0 aromatic rings. The summed E-state index contributed by atoms with van der Waals surface area (Å²) in [5, 5.41) is 22.9. The van der Waals surface area contributed by atoms with E-state index < -0.39 is 83.6 Å². The fourth-order valence-corrected chi connectivity index (χ4v) is 7.55. The number of rotatable bonds is 10. The van der Waals surface area contributed by atoms with Gasteiger partial charge < -0.3 is 48.4 Å². The number of hydrogen-bond donors (Lipinski definition) is 2. The van der Waals surface area contributed by atoms with Gasteiger partial charge in [0.2, 0.25) is 0 Å². The molecule has 0 saturated carbocycles. The summed E-state index contributed by atoms with van der Waals surface area (Å²) < 4.78 is 37.5. The minimum absolute atomic E-state index is 0.0449. The van der Waals surface area contributed by atoms with Crippen LogP contribution in [0.2, 0.25) is 0 Å². The minimum atomic E-state index is -1.95. The lowest BCUT2D eigenvalue weighted by molar-refractivity contribution is -0.305. The molecule has 0 spiro atoms. The molecule has 0 amide bonds. The number of carbonyl (C=O) groups is 3. The van der Waals surface area contributed by atoms with Gasteiger partial charge in [0.05, 0.1) is 36.3 Å². The molecule has 14 atom stereocenters. The highest BCUT2D eigenvalue weighted by atomic mass is 16.7. The van der Waals surface area contributed by atoms with Crippen LogP contribution >= 0.6 is 0 Å². The van der Waals surface area contributed by atoms with Crippen molar-refractivity contribution in [3.8, 4) is 0 Å². The molecule has 0 radical (unpaired) electrons. The molecule has 0 bridgehead atoms. The Bertz CT molecular complexity index is 1090. The van der Waals surface area contributed by atoms with Gasteiger partial charge in [0.1, 0.15) is 29.7 Å². The first-order valence-corrected chi connectivity index (χ1v) is 17.7. The molecule has 286 valence electrons. The smallest absolute Gasteiger partial charge is 0.312 e. The maximum Gasteiger partial charge on any atom is 0.312 e. The van der Waals surface area contributed by atoms with Crippen molar-refractivity contribution in [2.75, 3.05) is 49.0 Å². The Kier molecular flexibility index (Phi) is 16.1. The Morgan fingerprint density at radius 3 is 2.12 bits per heavy atom. The number of nitrogens with zero attached hydrogens (tertiary/aromatic N) is 2.